The highest BCUT2D eigenvalue weighted by atomic mass is 32.2. The summed E-state index contributed by atoms with van der Waals surface area (Å²) in [7, 11) is 0. The first-order valence-electron chi connectivity index (χ1n) is 10.9. The molecule has 0 radical (unpaired) electrons. The summed E-state index contributed by atoms with van der Waals surface area (Å²) >= 11 is 3.07. The third-order valence-corrected chi connectivity index (χ3v) is 7.68. The summed E-state index contributed by atoms with van der Waals surface area (Å²) in [6, 6.07) is 16.5. The lowest BCUT2D eigenvalue weighted by molar-refractivity contribution is -0.130. The van der Waals surface area contributed by atoms with E-state index in [0.717, 1.165) is 36.6 Å². The average molecular weight is 471 g/mol. The van der Waals surface area contributed by atoms with Gasteiger partial charge in [-0.25, -0.2) is 0 Å². The number of carbonyl (C=O) groups excluding carboxylic acids is 2. The van der Waals surface area contributed by atoms with Gasteiger partial charge in [0.15, 0.2) is 0 Å². The van der Waals surface area contributed by atoms with Crippen molar-refractivity contribution in [2.24, 2.45) is 5.92 Å². The van der Waals surface area contributed by atoms with Gasteiger partial charge in [0.2, 0.25) is 11.8 Å². The summed E-state index contributed by atoms with van der Waals surface area (Å²) in [5, 5.41) is 9.52. The molecule has 0 aliphatic carbocycles. The normalized spacial score (nSPS) is 23.3. The average Bonchev–Trinajstić information content (AvgIpc) is 2.80. The van der Waals surface area contributed by atoms with Crippen molar-refractivity contribution in [2.75, 3.05) is 30.4 Å². The monoisotopic (exact) mass is 470 g/mol. The number of benzene rings is 2. The molecular formula is C24H30N4O2S2. The molecule has 3 N–H and O–H groups in total. The van der Waals surface area contributed by atoms with Crippen LogP contribution in [0.2, 0.25) is 0 Å². The smallest absolute Gasteiger partial charge is 0.234 e. The van der Waals surface area contributed by atoms with Crippen LogP contribution in [0.1, 0.15) is 17.5 Å². The first-order valence-corrected chi connectivity index (χ1v) is 13.2. The molecule has 3 unspecified atom stereocenters. The molecule has 2 aliphatic rings. The van der Waals surface area contributed by atoms with Gasteiger partial charge in [0.25, 0.3) is 0 Å². The summed E-state index contributed by atoms with van der Waals surface area (Å²) in [6.07, 6.45) is 2.93. The summed E-state index contributed by atoms with van der Waals surface area (Å²) in [4.78, 5) is 28.6. The lowest BCUT2D eigenvalue weighted by Gasteiger charge is -2.43. The highest BCUT2D eigenvalue weighted by Gasteiger charge is 2.39. The second-order valence-electron chi connectivity index (χ2n) is 8.37. The van der Waals surface area contributed by atoms with E-state index < -0.39 is 0 Å². The zero-order valence-electron chi connectivity index (χ0n) is 18.5. The molecule has 2 heterocycles. The van der Waals surface area contributed by atoms with Crippen molar-refractivity contribution >= 4 is 41.0 Å². The topological polar surface area (TPSA) is 73.5 Å². The number of nitrogens with one attached hydrogen (secondary N) is 3. The van der Waals surface area contributed by atoms with Gasteiger partial charge in [-0.15, -0.1) is 23.5 Å². The Kier molecular flexibility index (Phi) is 7.78. The van der Waals surface area contributed by atoms with Crippen LogP contribution in [0, 0.1) is 12.8 Å². The number of fused-ring (bicyclic) bond motifs is 1. The Morgan fingerprint density at radius 2 is 2.03 bits per heavy atom. The number of nitrogens with zero attached hydrogens (tertiary/aromatic N) is 1. The molecule has 2 saturated heterocycles. The molecule has 0 spiro atoms. The molecule has 170 valence electrons. The van der Waals surface area contributed by atoms with Gasteiger partial charge in [0.05, 0.1) is 11.7 Å². The Bertz CT molecular complexity index is 953. The maximum absolute atomic E-state index is 12.8. The van der Waals surface area contributed by atoms with Gasteiger partial charge in [0, 0.05) is 36.3 Å². The zero-order chi connectivity index (χ0) is 22.5. The molecular weight excluding hydrogens is 440 g/mol. The molecule has 0 aromatic heterocycles. The van der Waals surface area contributed by atoms with Crippen molar-refractivity contribution in [3.63, 3.8) is 0 Å². The molecule has 4 rings (SSSR count). The highest BCUT2D eigenvalue weighted by Crippen LogP contribution is 2.25. The van der Waals surface area contributed by atoms with Crippen LogP contribution in [0.25, 0.3) is 0 Å². The predicted octanol–water partition coefficient (Wildman–Crippen LogP) is 3.28. The van der Waals surface area contributed by atoms with Gasteiger partial charge in [-0.3, -0.25) is 19.8 Å². The van der Waals surface area contributed by atoms with Gasteiger partial charge in [-0.05, 0) is 43.4 Å². The van der Waals surface area contributed by atoms with E-state index in [2.05, 4.69) is 52.0 Å². The van der Waals surface area contributed by atoms with E-state index in [9.17, 15) is 9.59 Å². The number of aryl methyl sites for hydroxylation is 1. The molecule has 32 heavy (non-hydrogen) atoms. The van der Waals surface area contributed by atoms with Gasteiger partial charge in [0.1, 0.15) is 5.50 Å². The number of piperidine rings is 1. The van der Waals surface area contributed by atoms with E-state index in [1.54, 1.807) is 11.8 Å². The zero-order valence-corrected chi connectivity index (χ0v) is 20.1. The van der Waals surface area contributed by atoms with Crippen molar-refractivity contribution in [2.45, 2.75) is 36.3 Å². The summed E-state index contributed by atoms with van der Waals surface area (Å²) in [6.45, 7) is 4.67. The molecule has 8 heteroatoms. The number of hydrogen-bond acceptors (Lipinski definition) is 6. The summed E-state index contributed by atoms with van der Waals surface area (Å²) in [5.41, 5.74) is 3.09. The minimum atomic E-state index is -0.240. The molecule has 2 aromatic carbocycles. The fourth-order valence-electron chi connectivity index (χ4n) is 4.20. The van der Waals surface area contributed by atoms with E-state index in [1.807, 2.05) is 30.5 Å². The molecule has 0 bridgehead atoms. The largest absolute Gasteiger partial charge is 0.331 e. The Labute approximate surface area is 198 Å². The molecule has 0 saturated carbocycles. The number of hydrogen-bond donors (Lipinski definition) is 3. The van der Waals surface area contributed by atoms with Crippen LogP contribution < -0.4 is 16.0 Å². The number of thioether (sulfide) groups is 2. The van der Waals surface area contributed by atoms with Crippen LogP contribution in [0.4, 0.5) is 5.69 Å². The minimum absolute atomic E-state index is 0.0610. The van der Waals surface area contributed by atoms with E-state index in [0.29, 0.717) is 0 Å². The van der Waals surface area contributed by atoms with Crippen LogP contribution in [0.5, 0.6) is 0 Å². The third kappa shape index (κ3) is 6.07. The molecule has 3 atom stereocenters. The second-order valence-corrected chi connectivity index (χ2v) is 10.3. The maximum Gasteiger partial charge on any atom is 0.234 e. The Balaban J connectivity index is 1.25. The first-order chi connectivity index (χ1) is 15.5. The minimum Gasteiger partial charge on any atom is -0.331 e. The molecule has 2 amide bonds. The SMILES string of the molecule is CSc1cccc(NC(=O)CSC2NC(=O)C3CN(Cc4ccc(C)cc4)CCC3N2)c1. The lowest BCUT2D eigenvalue weighted by Crippen LogP contribution is -2.64. The fourth-order valence-corrected chi connectivity index (χ4v) is 5.52. The Morgan fingerprint density at radius 3 is 2.81 bits per heavy atom. The van der Waals surface area contributed by atoms with Crippen molar-refractivity contribution in [3.8, 4) is 0 Å². The van der Waals surface area contributed by atoms with E-state index in [-0.39, 0.29) is 35.0 Å². The van der Waals surface area contributed by atoms with Crippen molar-refractivity contribution in [3.05, 3.63) is 59.7 Å². The van der Waals surface area contributed by atoms with Crippen molar-refractivity contribution < 1.29 is 9.59 Å². The standard InChI is InChI=1S/C24H30N4O2S2/c1-16-6-8-17(9-7-16)13-28-11-10-21-20(14-28)23(30)27-24(26-21)32-15-22(29)25-18-4-3-5-19(12-18)31-2/h3-9,12,20-21,24,26H,10-11,13-15H2,1-2H3,(H,25,29)(H,27,30). The predicted molar refractivity (Wildman–Crippen MR) is 133 cm³/mol. The second kappa shape index (κ2) is 10.7. The van der Waals surface area contributed by atoms with Crippen LogP contribution in [0.3, 0.4) is 0 Å². The summed E-state index contributed by atoms with van der Waals surface area (Å²) in [5.74, 6) is 0.222. The van der Waals surface area contributed by atoms with Crippen molar-refractivity contribution in [1.29, 1.82) is 0 Å². The Morgan fingerprint density at radius 1 is 1.22 bits per heavy atom. The van der Waals surface area contributed by atoms with Gasteiger partial charge in [-0.1, -0.05) is 35.9 Å². The maximum atomic E-state index is 12.8. The van der Waals surface area contributed by atoms with Gasteiger partial charge < -0.3 is 10.6 Å². The Hall–Kier alpha value is -2.00. The van der Waals surface area contributed by atoms with E-state index in [1.165, 1.54) is 22.9 Å². The number of carbonyl (C=O) groups is 2. The highest BCUT2D eigenvalue weighted by molar-refractivity contribution is 8.00. The van der Waals surface area contributed by atoms with Crippen molar-refractivity contribution in [1.82, 2.24) is 15.5 Å². The van der Waals surface area contributed by atoms with E-state index in [4.69, 9.17) is 0 Å². The number of likely N-dealkylation sites (tertiary alicyclic amines) is 1. The number of anilines is 1. The number of amides is 2. The van der Waals surface area contributed by atoms with E-state index >= 15 is 0 Å². The van der Waals surface area contributed by atoms with Crippen LogP contribution in [-0.4, -0.2) is 53.4 Å². The lowest BCUT2D eigenvalue weighted by atomic mass is 9.89. The molecule has 2 aliphatic heterocycles. The van der Waals surface area contributed by atoms with Crippen LogP contribution >= 0.6 is 23.5 Å². The van der Waals surface area contributed by atoms with Gasteiger partial charge >= 0.3 is 0 Å². The van der Waals surface area contributed by atoms with Crippen LogP contribution in [0.15, 0.2) is 53.4 Å². The quantitative estimate of drug-likeness (QED) is 0.540. The third-order valence-electron chi connectivity index (χ3n) is 5.93. The fraction of sp³-hybridized carbons (Fsp3) is 0.417. The molecule has 6 nitrogen and oxygen atoms in total. The first kappa shape index (κ1) is 23.2. The number of rotatable bonds is 7. The van der Waals surface area contributed by atoms with Crippen LogP contribution in [-0.2, 0) is 16.1 Å². The van der Waals surface area contributed by atoms with Gasteiger partial charge in [-0.2, -0.15) is 0 Å². The summed E-state index contributed by atoms with van der Waals surface area (Å²) < 4.78 is 0. The molecule has 2 fully saturated rings. The molecule has 2 aromatic rings.